The second-order valence-corrected chi connectivity index (χ2v) is 15.3. The van der Waals surface area contributed by atoms with Crippen LogP contribution in [0.2, 0.25) is 0 Å². The van der Waals surface area contributed by atoms with Crippen LogP contribution in [0.1, 0.15) is 57.1 Å². The molecule has 0 aliphatic heterocycles. The van der Waals surface area contributed by atoms with Crippen LogP contribution in [0.15, 0.2) is 127 Å². The highest BCUT2D eigenvalue weighted by Crippen LogP contribution is 2.54. The van der Waals surface area contributed by atoms with Gasteiger partial charge in [-0.2, -0.15) is 5.26 Å². The van der Waals surface area contributed by atoms with E-state index in [2.05, 4.69) is 92.7 Å². The monoisotopic (exact) mass is 660 g/mol. The second kappa shape index (κ2) is 12.6. The molecule has 4 nitrogen and oxygen atoms in total. The Bertz CT molecular complexity index is 2420. The average Bonchev–Trinajstić information content (AvgIpc) is 3.17. The Balaban J connectivity index is 1.03. The first kappa shape index (κ1) is 31.3. The van der Waals surface area contributed by atoms with Gasteiger partial charge < -0.3 is 0 Å². The van der Waals surface area contributed by atoms with E-state index in [0.29, 0.717) is 28.5 Å². The Labute approximate surface area is 299 Å². The summed E-state index contributed by atoms with van der Waals surface area (Å²) in [6, 6.07) is 46.9. The van der Waals surface area contributed by atoms with E-state index < -0.39 is 0 Å². The third kappa shape index (κ3) is 5.87. The number of rotatable bonds is 5. The molecule has 4 heteroatoms. The molecule has 0 N–H and O–H groups in total. The highest BCUT2D eigenvalue weighted by Gasteiger charge is 2.45. The summed E-state index contributed by atoms with van der Waals surface area (Å²) in [6.45, 7) is 4.95. The molecule has 9 rings (SSSR count). The van der Waals surface area contributed by atoms with E-state index in [1.54, 1.807) is 17.7 Å². The Morgan fingerprint density at radius 1 is 0.529 bits per heavy atom. The third-order valence-corrected chi connectivity index (χ3v) is 11.5. The number of aromatic nitrogens is 3. The molecule has 2 saturated carbocycles. The van der Waals surface area contributed by atoms with Crippen molar-refractivity contribution in [3.63, 3.8) is 0 Å². The molecule has 0 radical (unpaired) electrons. The van der Waals surface area contributed by atoms with Gasteiger partial charge in [0.25, 0.3) is 0 Å². The number of nitrogens with zero attached hydrogens (tertiary/aromatic N) is 4. The molecule has 0 spiro atoms. The summed E-state index contributed by atoms with van der Waals surface area (Å²) in [6.07, 6.45) is 6.83. The standard InChI is InChI=1S/C47H40N4/c1-30-22-33-23-31(2)27-47(26-30,28-33)41-19-21-43-40(25-41)17-16-39-24-38(18-20-42(39)43)34-12-14-37(15-13-34)46-50-44(35-6-4-3-5-7-35)49-45(51-46)36-10-8-32(29-48)9-11-36/h3-21,24-25,30-31,33H,22-23,26-28H2,1-2H3/t30-,31+,33?,47?. The summed E-state index contributed by atoms with van der Waals surface area (Å²) in [4.78, 5) is 14.6. The molecule has 6 aromatic carbocycles. The average molecular weight is 661 g/mol. The summed E-state index contributed by atoms with van der Waals surface area (Å²) < 4.78 is 0. The van der Waals surface area contributed by atoms with Crippen molar-refractivity contribution in [1.82, 2.24) is 15.0 Å². The van der Waals surface area contributed by atoms with E-state index >= 15 is 0 Å². The van der Waals surface area contributed by atoms with Crippen LogP contribution in [0.5, 0.6) is 0 Å². The van der Waals surface area contributed by atoms with Crippen LogP contribution in [0.4, 0.5) is 0 Å². The molecular weight excluding hydrogens is 621 g/mol. The topological polar surface area (TPSA) is 62.5 Å². The molecule has 2 aliphatic carbocycles. The van der Waals surface area contributed by atoms with Crippen LogP contribution in [-0.2, 0) is 5.41 Å². The summed E-state index contributed by atoms with van der Waals surface area (Å²) in [5.41, 5.74) is 7.51. The number of benzene rings is 6. The van der Waals surface area contributed by atoms with Crippen molar-refractivity contribution in [1.29, 1.82) is 5.26 Å². The van der Waals surface area contributed by atoms with Gasteiger partial charge in [0, 0.05) is 16.7 Å². The molecule has 2 bridgehead atoms. The Morgan fingerprint density at radius 3 is 1.65 bits per heavy atom. The van der Waals surface area contributed by atoms with Gasteiger partial charge in [-0.1, -0.05) is 111 Å². The Morgan fingerprint density at radius 2 is 1.04 bits per heavy atom. The van der Waals surface area contributed by atoms with Crippen molar-refractivity contribution < 1.29 is 0 Å². The van der Waals surface area contributed by atoms with Gasteiger partial charge in [-0.3, -0.25) is 0 Å². The second-order valence-electron chi connectivity index (χ2n) is 15.3. The Kier molecular flexibility index (Phi) is 7.73. The maximum atomic E-state index is 9.28. The van der Waals surface area contributed by atoms with Crippen LogP contribution in [0.3, 0.4) is 0 Å². The van der Waals surface area contributed by atoms with Crippen LogP contribution < -0.4 is 0 Å². The lowest BCUT2D eigenvalue weighted by Crippen LogP contribution is -2.42. The molecule has 2 aliphatic rings. The minimum atomic E-state index is 0.342. The van der Waals surface area contributed by atoms with Crippen molar-refractivity contribution in [3.8, 4) is 51.4 Å². The van der Waals surface area contributed by atoms with Crippen LogP contribution >= 0.6 is 0 Å². The van der Waals surface area contributed by atoms with Crippen molar-refractivity contribution in [3.05, 3.63) is 139 Å². The van der Waals surface area contributed by atoms with Crippen LogP contribution in [0.25, 0.3) is 66.8 Å². The molecule has 7 aromatic rings. The zero-order valence-electron chi connectivity index (χ0n) is 29.2. The van der Waals surface area contributed by atoms with E-state index in [9.17, 15) is 5.26 Å². The number of hydrogen-bond donors (Lipinski definition) is 0. The normalized spacial score (nSPS) is 21.4. The maximum absolute atomic E-state index is 9.28. The molecule has 1 heterocycles. The van der Waals surface area contributed by atoms with E-state index in [4.69, 9.17) is 15.0 Å². The number of hydrogen-bond acceptors (Lipinski definition) is 4. The summed E-state index contributed by atoms with van der Waals surface area (Å²) in [5.74, 6) is 4.31. The minimum Gasteiger partial charge on any atom is -0.208 e. The van der Waals surface area contributed by atoms with Crippen molar-refractivity contribution in [2.45, 2.75) is 51.4 Å². The van der Waals surface area contributed by atoms with E-state index in [1.807, 2.05) is 42.5 Å². The third-order valence-electron chi connectivity index (χ3n) is 11.5. The SMILES string of the molecule is C[C@@H]1CC2C[C@H](C)CC(c3ccc4c(ccc5cc(-c6ccc(-c7nc(-c8ccccc8)nc(-c8ccc(C#N)cc8)n7)cc6)ccc54)c3)(C2)C1. The lowest BCUT2D eigenvalue weighted by Gasteiger charge is -2.50. The molecule has 0 saturated heterocycles. The quantitative estimate of drug-likeness (QED) is 0.172. The molecule has 2 unspecified atom stereocenters. The first-order chi connectivity index (χ1) is 24.9. The summed E-state index contributed by atoms with van der Waals surface area (Å²) >= 11 is 0. The molecule has 248 valence electrons. The van der Waals surface area contributed by atoms with Gasteiger partial charge in [0.1, 0.15) is 0 Å². The van der Waals surface area contributed by atoms with Gasteiger partial charge >= 0.3 is 0 Å². The van der Waals surface area contributed by atoms with Gasteiger partial charge in [0.15, 0.2) is 17.5 Å². The van der Waals surface area contributed by atoms with E-state index in [-0.39, 0.29) is 0 Å². The zero-order chi connectivity index (χ0) is 34.5. The Hall–Kier alpha value is -5.66. The maximum Gasteiger partial charge on any atom is 0.164 e. The number of nitriles is 1. The molecule has 0 amide bonds. The summed E-state index contributed by atoms with van der Waals surface area (Å²) in [7, 11) is 0. The van der Waals surface area contributed by atoms with E-state index in [0.717, 1.165) is 40.0 Å². The van der Waals surface area contributed by atoms with Crippen LogP contribution in [-0.4, -0.2) is 15.0 Å². The van der Waals surface area contributed by atoms with Gasteiger partial charge in [-0.05, 0) is 124 Å². The van der Waals surface area contributed by atoms with Gasteiger partial charge in [0.2, 0.25) is 0 Å². The van der Waals surface area contributed by atoms with Gasteiger partial charge in [-0.25, -0.2) is 15.0 Å². The van der Waals surface area contributed by atoms with Crippen LogP contribution in [0, 0.1) is 29.1 Å². The largest absolute Gasteiger partial charge is 0.208 e. The lowest BCUT2D eigenvalue weighted by atomic mass is 9.54. The number of fused-ring (bicyclic) bond motifs is 5. The predicted octanol–water partition coefficient (Wildman–Crippen LogP) is 11.8. The molecule has 4 atom stereocenters. The fourth-order valence-corrected chi connectivity index (χ4v) is 9.49. The zero-order valence-corrected chi connectivity index (χ0v) is 29.2. The molecule has 51 heavy (non-hydrogen) atoms. The fourth-order valence-electron chi connectivity index (χ4n) is 9.49. The first-order valence-electron chi connectivity index (χ1n) is 18.3. The van der Waals surface area contributed by atoms with Gasteiger partial charge in [-0.15, -0.1) is 0 Å². The minimum absolute atomic E-state index is 0.342. The van der Waals surface area contributed by atoms with Crippen molar-refractivity contribution in [2.75, 3.05) is 0 Å². The molecule has 1 aromatic heterocycles. The lowest BCUT2D eigenvalue weighted by molar-refractivity contribution is 0.0781. The van der Waals surface area contributed by atoms with E-state index in [1.165, 1.54) is 59.2 Å². The predicted molar refractivity (Wildman–Crippen MR) is 208 cm³/mol. The van der Waals surface area contributed by atoms with Gasteiger partial charge in [0.05, 0.1) is 11.6 Å². The highest BCUT2D eigenvalue weighted by molar-refractivity contribution is 6.08. The first-order valence-corrected chi connectivity index (χ1v) is 18.3. The fraction of sp³-hybridized carbons (Fsp3) is 0.234. The molecule has 2 fully saturated rings. The van der Waals surface area contributed by atoms with Crippen molar-refractivity contribution >= 4 is 21.5 Å². The van der Waals surface area contributed by atoms with Crippen molar-refractivity contribution in [2.24, 2.45) is 17.8 Å². The summed E-state index contributed by atoms with van der Waals surface area (Å²) in [5, 5.41) is 14.5. The molecular formula is C47H40N4. The smallest absolute Gasteiger partial charge is 0.164 e. The highest BCUT2D eigenvalue weighted by atomic mass is 15.0.